The SMILES string of the molecule is O=C(CCCCCONC(=O)c1cc(Br)cc(Br)c1)NO. The zero-order chi connectivity index (χ0) is 15.7. The smallest absolute Gasteiger partial charge is 0.274 e. The van der Waals surface area contributed by atoms with E-state index in [-0.39, 0.29) is 12.3 Å². The normalized spacial score (nSPS) is 10.2. The molecule has 2 amide bonds. The van der Waals surface area contributed by atoms with Crippen LogP contribution in [-0.2, 0) is 9.63 Å². The van der Waals surface area contributed by atoms with Crippen LogP contribution in [0.5, 0.6) is 0 Å². The molecule has 0 bridgehead atoms. The summed E-state index contributed by atoms with van der Waals surface area (Å²) in [6, 6.07) is 5.22. The summed E-state index contributed by atoms with van der Waals surface area (Å²) in [5, 5.41) is 8.31. The van der Waals surface area contributed by atoms with E-state index in [1.807, 2.05) is 6.07 Å². The van der Waals surface area contributed by atoms with Gasteiger partial charge in [0.1, 0.15) is 0 Å². The number of benzene rings is 1. The monoisotopic (exact) mass is 422 g/mol. The number of rotatable bonds is 8. The summed E-state index contributed by atoms with van der Waals surface area (Å²) in [6.45, 7) is 0.363. The first-order chi connectivity index (χ1) is 10.0. The molecule has 0 radical (unpaired) electrons. The van der Waals surface area contributed by atoms with Crippen molar-refractivity contribution in [3.05, 3.63) is 32.7 Å². The van der Waals surface area contributed by atoms with Crippen molar-refractivity contribution in [3.8, 4) is 0 Å². The van der Waals surface area contributed by atoms with Crippen LogP contribution in [0.25, 0.3) is 0 Å². The van der Waals surface area contributed by atoms with E-state index in [0.29, 0.717) is 25.0 Å². The molecule has 3 N–H and O–H groups in total. The van der Waals surface area contributed by atoms with E-state index in [0.717, 1.165) is 15.4 Å². The third-order valence-electron chi connectivity index (χ3n) is 2.56. The quantitative estimate of drug-likeness (QED) is 0.340. The number of hydrogen-bond donors (Lipinski definition) is 3. The van der Waals surface area contributed by atoms with Crippen LogP contribution in [0.4, 0.5) is 0 Å². The van der Waals surface area contributed by atoms with Gasteiger partial charge in [-0.1, -0.05) is 38.3 Å². The first kappa shape index (κ1) is 18.1. The highest BCUT2D eigenvalue weighted by Gasteiger charge is 2.07. The van der Waals surface area contributed by atoms with Gasteiger partial charge >= 0.3 is 0 Å². The first-order valence-electron chi connectivity index (χ1n) is 6.34. The molecule has 0 heterocycles. The van der Waals surface area contributed by atoms with E-state index in [2.05, 4.69) is 37.3 Å². The summed E-state index contributed by atoms with van der Waals surface area (Å²) < 4.78 is 1.59. The van der Waals surface area contributed by atoms with Crippen LogP contribution in [0.1, 0.15) is 36.0 Å². The highest BCUT2D eigenvalue weighted by atomic mass is 79.9. The van der Waals surface area contributed by atoms with Gasteiger partial charge in [0, 0.05) is 20.9 Å². The van der Waals surface area contributed by atoms with Gasteiger partial charge in [-0.15, -0.1) is 0 Å². The Kier molecular flexibility index (Phi) is 8.51. The number of carbonyl (C=O) groups excluding carboxylic acids is 2. The van der Waals surface area contributed by atoms with Crippen molar-refractivity contribution in [2.75, 3.05) is 6.61 Å². The maximum atomic E-state index is 11.8. The second-order valence-corrected chi connectivity index (χ2v) is 6.11. The number of carbonyl (C=O) groups is 2. The van der Waals surface area contributed by atoms with E-state index in [1.54, 1.807) is 17.6 Å². The number of hydrogen-bond acceptors (Lipinski definition) is 4. The lowest BCUT2D eigenvalue weighted by Crippen LogP contribution is -2.24. The molecule has 0 saturated carbocycles. The predicted octanol–water partition coefficient (Wildman–Crippen LogP) is 2.94. The highest BCUT2D eigenvalue weighted by molar-refractivity contribution is 9.11. The summed E-state index contributed by atoms with van der Waals surface area (Å²) in [6.07, 6.45) is 2.41. The van der Waals surface area contributed by atoms with E-state index in [9.17, 15) is 9.59 Å². The molecule has 8 heteroatoms. The molecule has 0 aliphatic carbocycles. The van der Waals surface area contributed by atoms with Crippen LogP contribution in [0, 0.1) is 0 Å². The average Bonchev–Trinajstić information content (AvgIpc) is 2.44. The highest BCUT2D eigenvalue weighted by Crippen LogP contribution is 2.19. The lowest BCUT2D eigenvalue weighted by atomic mass is 10.2. The number of hydroxylamine groups is 2. The third kappa shape index (κ3) is 7.56. The van der Waals surface area contributed by atoms with Gasteiger partial charge in [-0.2, -0.15) is 0 Å². The lowest BCUT2D eigenvalue weighted by Gasteiger charge is -2.07. The molecule has 0 saturated heterocycles. The fraction of sp³-hybridized carbons (Fsp3) is 0.385. The van der Waals surface area contributed by atoms with Crippen LogP contribution >= 0.6 is 31.9 Å². The number of nitrogens with one attached hydrogen (secondary N) is 2. The van der Waals surface area contributed by atoms with Crippen LogP contribution in [0.3, 0.4) is 0 Å². The summed E-state index contributed by atoms with van der Waals surface area (Å²) in [5.41, 5.74) is 4.42. The Bertz CT molecular complexity index is 477. The van der Waals surface area contributed by atoms with E-state index in [1.165, 1.54) is 0 Å². The van der Waals surface area contributed by atoms with Crippen molar-refractivity contribution in [1.82, 2.24) is 11.0 Å². The van der Waals surface area contributed by atoms with Gasteiger partial charge in [0.2, 0.25) is 5.91 Å². The molecule has 0 unspecified atom stereocenters. The van der Waals surface area contributed by atoms with Gasteiger partial charge in [-0.05, 0) is 31.0 Å². The van der Waals surface area contributed by atoms with E-state index >= 15 is 0 Å². The summed E-state index contributed by atoms with van der Waals surface area (Å²) >= 11 is 6.62. The second-order valence-electron chi connectivity index (χ2n) is 4.28. The topological polar surface area (TPSA) is 87.7 Å². The molecule has 0 aliphatic rings. The maximum Gasteiger partial charge on any atom is 0.274 e. The fourth-order valence-corrected chi connectivity index (χ4v) is 2.85. The Morgan fingerprint density at radius 2 is 1.76 bits per heavy atom. The minimum atomic E-state index is -0.399. The molecule has 1 rings (SSSR count). The molecule has 1 aromatic carbocycles. The predicted molar refractivity (Wildman–Crippen MR) is 83.7 cm³/mol. The van der Waals surface area contributed by atoms with Crippen molar-refractivity contribution in [2.24, 2.45) is 0 Å². The Balaban J connectivity index is 2.18. The zero-order valence-corrected chi connectivity index (χ0v) is 14.4. The molecule has 0 atom stereocenters. The average molecular weight is 424 g/mol. The van der Waals surface area contributed by atoms with Crippen molar-refractivity contribution < 1.29 is 19.6 Å². The molecule has 0 fully saturated rings. The first-order valence-corrected chi connectivity index (χ1v) is 7.92. The molecule has 0 aliphatic heterocycles. The number of amides is 2. The number of unbranched alkanes of at least 4 members (excludes halogenated alkanes) is 2. The summed E-state index contributed by atoms with van der Waals surface area (Å²) in [5.74, 6) is -0.721. The molecule has 6 nitrogen and oxygen atoms in total. The Hall–Kier alpha value is -0.960. The fourth-order valence-electron chi connectivity index (χ4n) is 1.55. The zero-order valence-electron chi connectivity index (χ0n) is 11.2. The van der Waals surface area contributed by atoms with Gasteiger partial charge in [-0.25, -0.2) is 11.0 Å². The minimum Gasteiger partial charge on any atom is -0.289 e. The van der Waals surface area contributed by atoms with Gasteiger partial charge < -0.3 is 0 Å². The Labute approximate surface area is 139 Å². The van der Waals surface area contributed by atoms with Gasteiger partial charge in [0.25, 0.3) is 5.91 Å². The summed E-state index contributed by atoms with van der Waals surface area (Å²) in [4.78, 5) is 27.6. The Morgan fingerprint density at radius 3 is 2.38 bits per heavy atom. The molecule has 0 aromatic heterocycles. The standard InChI is InChI=1S/C13H16Br2N2O4/c14-10-6-9(7-11(15)8-10)13(19)17-21-5-3-1-2-4-12(18)16-20/h6-8,20H,1-5H2,(H,16,18)(H,17,19). The van der Waals surface area contributed by atoms with Gasteiger partial charge in [0.05, 0.1) is 6.61 Å². The van der Waals surface area contributed by atoms with Crippen LogP contribution in [-0.4, -0.2) is 23.6 Å². The molecular formula is C13H16Br2N2O4. The van der Waals surface area contributed by atoms with Gasteiger partial charge in [0.15, 0.2) is 0 Å². The molecule has 1 aromatic rings. The third-order valence-corrected chi connectivity index (χ3v) is 3.48. The van der Waals surface area contributed by atoms with Crippen LogP contribution in [0.2, 0.25) is 0 Å². The molecule has 116 valence electrons. The lowest BCUT2D eigenvalue weighted by molar-refractivity contribution is -0.129. The molecule has 21 heavy (non-hydrogen) atoms. The second kappa shape index (κ2) is 9.88. The Morgan fingerprint density at radius 1 is 1.10 bits per heavy atom. The number of halogens is 2. The van der Waals surface area contributed by atoms with E-state index < -0.39 is 5.91 Å². The minimum absolute atomic E-state index is 0.273. The van der Waals surface area contributed by atoms with Crippen molar-refractivity contribution in [1.29, 1.82) is 0 Å². The van der Waals surface area contributed by atoms with Crippen molar-refractivity contribution in [3.63, 3.8) is 0 Å². The maximum absolute atomic E-state index is 11.8. The van der Waals surface area contributed by atoms with E-state index in [4.69, 9.17) is 10.0 Å². The van der Waals surface area contributed by atoms with Crippen molar-refractivity contribution in [2.45, 2.75) is 25.7 Å². The molecule has 0 spiro atoms. The van der Waals surface area contributed by atoms with Crippen molar-refractivity contribution >= 4 is 43.7 Å². The van der Waals surface area contributed by atoms with Gasteiger partial charge in [-0.3, -0.25) is 19.6 Å². The molecular weight excluding hydrogens is 408 g/mol. The van der Waals surface area contributed by atoms with Crippen LogP contribution < -0.4 is 11.0 Å². The van der Waals surface area contributed by atoms with Crippen LogP contribution in [0.15, 0.2) is 27.1 Å². The summed E-state index contributed by atoms with van der Waals surface area (Å²) in [7, 11) is 0. The largest absolute Gasteiger partial charge is 0.289 e.